The van der Waals surface area contributed by atoms with Crippen molar-refractivity contribution in [1.82, 2.24) is 9.97 Å². The number of hydrogen-bond donors (Lipinski definition) is 2. The topological polar surface area (TPSA) is 88.8 Å². The predicted molar refractivity (Wildman–Crippen MR) is 85.8 cm³/mol. The molecule has 0 saturated carbocycles. The van der Waals surface area contributed by atoms with Gasteiger partial charge in [0.25, 0.3) is 0 Å². The molecule has 5 nitrogen and oxygen atoms in total. The number of H-pyrrole nitrogens is 1. The molecule has 1 aromatic heterocycles. The van der Waals surface area contributed by atoms with Crippen LogP contribution < -0.4 is 5.14 Å². The van der Waals surface area contributed by atoms with Gasteiger partial charge in [-0.05, 0) is 30.3 Å². The van der Waals surface area contributed by atoms with E-state index in [1.165, 1.54) is 12.1 Å². The van der Waals surface area contributed by atoms with Gasteiger partial charge in [-0.25, -0.2) is 27.3 Å². The zero-order chi connectivity index (χ0) is 20.0. The fraction of sp³-hybridized carbons (Fsp3) is 0.0625. The lowest BCUT2D eigenvalue weighted by Crippen LogP contribution is -2.11. The molecule has 3 rings (SSSR count). The molecule has 3 N–H and O–H groups in total. The van der Waals surface area contributed by atoms with Crippen LogP contribution in [0.2, 0.25) is 0 Å². The molecule has 3 aromatic rings. The number of aromatic nitrogens is 2. The average Bonchev–Trinajstić information content (AvgIpc) is 3.02. The van der Waals surface area contributed by atoms with Gasteiger partial charge in [0.05, 0.1) is 16.3 Å². The Hall–Kier alpha value is -2.79. The molecule has 0 saturated heterocycles. The van der Waals surface area contributed by atoms with Crippen molar-refractivity contribution in [2.24, 2.45) is 5.14 Å². The molecule has 0 amide bonds. The van der Waals surface area contributed by atoms with Crippen LogP contribution in [0, 0.1) is 11.6 Å². The Balaban J connectivity index is 2.19. The first kappa shape index (κ1) is 19.0. The molecule has 0 fully saturated rings. The lowest BCUT2D eigenvalue weighted by molar-refractivity contribution is -0.144. The molecule has 0 spiro atoms. The number of nitrogens with one attached hydrogen (secondary N) is 1. The van der Waals surface area contributed by atoms with Crippen molar-refractivity contribution in [3.05, 3.63) is 59.9 Å². The molecule has 0 aliphatic rings. The summed E-state index contributed by atoms with van der Waals surface area (Å²) in [7, 11) is -3.99. The average molecular weight is 403 g/mol. The Bertz CT molecular complexity index is 1110. The summed E-state index contributed by atoms with van der Waals surface area (Å²) in [4.78, 5) is 5.31. The SMILES string of the molecule is NS(=O)(=O)c1ccc(-c2[nH]c(C(F)(F)F)nc2-c2ccc(F)c(F)c2)cc1. The molecule has 142 valence electrons. The summed E-state index contributed by atoms with van der Waals surface area (Å²) in [5.41, 5.74) is -0.366. The number of nitrogens with zero attached hydrogens (tertiary/aromatic N) is 1. The number of imidazole rings is 1. The zero-order valence-electron chi connectivity index (χ0n) is 13.2. The second kappa shape index (κ2) is 6.43. The molecule has 0 unspecified atom stereocenters. The quantitative estimate of drug-likeness (QED) is 0.654. The molecule has 27 heavy (non-hydrogen) atoms. The van der Waals surface area contributed by atoms with Crippen LogP contribution in [0.15, 0.2) is 47.4 Å². The minimum absolute atomic E-state index is 0.0915. The third-order valence-corrected chi connectivity index (χ3v) is 4.57. The summed E-state index contributed by atoms with van der Waals surface area (Å²) in [6.45, 7) is 0. The van der Waals surface area contributed by atoms with Crippen LogP contribution in [-0.4, -0.2) is 18.4 Å². The van der Waals surface area contributed by atoms with Crippen LogP contribution >= 0.6 is 0 Å². The lowest BCUT2D eigenvalue weighted by Gasteiger charge is -2.05. The third kappa shape index (κ3) is 3.83. The Morgan fingerprint density at radius 2 is 1.52 bits per heavy atom. The van der Waals surface area contributed by atoms with E-state index in [-0.39, 0.29) is 27.4 Å². The van der Waals surface area contributed by atoms with Crippen molar-refractivity contribution in [1.29, 1.82) is 0 Å². The van der Waals surface area contributed by atoms with E-state index < -0.39 is 33.7 Å². The molecule has 0 aliphatic carbocycles. The summed E-state index contributed by atoms with van der Waals surface area (Å²) < 4.78 is 88.4. The van der Waals surface area contributed by atoms with Crippen molar-refractivity contribution in [3.63, 3.8) is 0 Å². The van der Waals surface area contributed by atoms with Crippen LogP contribution in [0.5, 0.6) is 0 Å². The first-order valence-corrected chi connectivity index (χ1v) is 8.77. The van der Waals surface area contributed by atoms with Crippen molar-refractivity contribution in [2.45, 2.75) is 11.1 Å². The Morgan fingerprint density at radius 1 is 0.926 bits per heavy atom. The maximum Gasteiger partial charge on any atom is 0.449 e. The van der Waals surface area contributed by atoms with Gasteiger partial charge in [-0.2, -0.15) is 13.2 Å². The van der Waals surface area contributed by atoms with Gasteiger partial charge in [0.2, 0.25) is 15.8 Å². The highest BCUT2D eigenvalue weighted by Gasteiger charge is 2.36. The number of aromatic amines is 1. The number of halogens is 5. The molecular weight excluding hydrogens is 393 g/mol. The first-order valence-electron chi connectivity index (χ1n) is 7.22. The highest BCUT2D eigenvalue weighted by Crippen LogP contribution is 2.36. The number of sulfonamides is 1. The zero-order valence-corrected chi connectivity index (χ0v) is 14.0. The molecular formula is C16H10F5N3O2S. The summed E-state index contributed by atoms with van der Waals surface area (Å²) in [5.74, 6) is -3.75. The highest BCUT2D eigenvalue weighted by molar-refractivity contribution is 7.89. The summed E-state index contributed by atoms with van der Waals surface area (Å²) in [6, 6.07) is 7.21. The first-order chi connectivity index (χ1) is 12.5. The molecule has 0 aliphatic heterocycles. The number of benzene rings is 2. The summed E-state index contributed by atoms with van der Waals surface area (Å²) in [6.07, 6.45) is -4.81. The fourth-order valence-electron chi connectivity index (χ4n) is 2.38. The minimum atomic E-state index is -4.81. The number of primary sulfonamides is 1. The lowest BCUT2D eigenvalue weighted by atomic mass is 10.0. The van der Waals surface area contributed by atoms with Gasteiger partial charge in [0, 0.05) is 11.1 Å². The summed E-state index contributed by atoms with van der Waals surface area (Å²) >= 11 is 0. The number of alkyl halides is 3. The van der Waals surface area contributed by atoms with Gasteiger partial charge < -0.3 is 4.98 Å². The second-order valence-corrected chi connectivity index (χ2v) is 7.07. The van der Waals surface area contributed by atoms with Crippen LogP contribution in [0.4, 0.5) is 22.0 Å². The van der Waals surface area contributed by atoms with Gasteiger partial charge in [-0.15, -0.1) is 0 Å². The third-order valence-electron chi connectivity index (χ3n) is 3.64. The van der Waals surface area contributed by atoms with Crippen molar-refractivity contribution < 1.29 is 30.4 Å². The van der Waals surface area contributed by atoms with E-state index >= 15 is 0 Å². The molecule has 2 aromatic carbocycles. The molecule has 11 heteroatoms. The van der Waals surface area contributed by atoms with Crippen molar-refractivity contribution in [3.8, 4) is 22.5 Å². The van der Waals surface area contributed by atoms with Crippen LogP contribution in [0.3, 0.4) is 0 Å². The maximum atomic E-state index is 13.5. The highest BCUT2D eigenvalue weighted by atomic mass is 32.2. The molecule has 0 radical (unpaired) electrons. The van der Waals surface area contributed by atoms with Crippen LogP contribution in [-0.2, 0) is 16.2 Å². The summed E-state index contributed by atoms with van der Waals surface area (Å²) in [5, 5.41) is 4.98. The van der Waals surface area contributed by atoms with E-state index in [0.717, 1.165) is 24.3 Å². The minimum Gasteiger partial charge on any atom is -0.334 e. The standard InChI is InChI=1S/C16H10F5N3O2S/c17-11-6-3-9(7-12(11)18)14-13(23-15(24-14)16(19,20)21)8-1-4-10(5-2-8)27(22,25)26/h1-7H,(H,23,24)(H2,22,25,26). The van der Waals surface area contributed by atoms with Gasteiger partial charge in [-0.3, -0.25) is 0 Å². The Morgan fingerprint density at radius 3 is 2.04 bits per heavy atom. The van der Waals surface area contributed by atoms with Crippen molar-refractivity contribution >= 4 is 10.0 Å². The molecule has 1 heterocycles. The Kier molecular flexibility index (Phi) is 4.52. The van der Waals surface area contributed by atoms with Gasteiger partial charge in [-0.1, -0.05) is 12.1 Å². The van der Waals surface area contributed by atoms with Gasteiger partial charge in [0.15, 0.2) is 11.6 Å². The number of hydrogen-bond acceptors (Lipinski definition) is 3. The maximum absolute atomic E-state index is 13.5. The number of rotatable bonds is 3. The van der Waals surface area contributed by atoms with E-state index in [0.29, 0.717) is 6.07 Å². The van der Waals surface area contributed by atoms with E-state index in [9.17, 15) is 30.4 Å². The van der Waals surface area contributed by atoms with E-state index in [2.05, 4.69) is 9.97 Å². The largest absolute Gasteiger partial charge is 0.449 e. The molecule has 0 bridgehead atoms. The fourth-order valence-corrected chi connectivity index (χ4v) is 2.90. The van der Waals surface area contributed by atoms with E-state index in [1.54, 1.807) is 0 Å². The number of nitrogens with two attached hydrogens (primary N) is 1. The Labute approximate surface area is 149 Å². The normalized spacial score (nSPS) is 12.4. The second-order valence-electron chi connectivity index (χ2n) is 5.51. The van der Waals surface area contributed by atoms with E-state index in [1.807, 2.05) is 0 Å². The predicted octanol–water partition coefficient (Wildman–Crippen LogP) is 3.69. The van der Waals surface area contributed by atoms with Gasteiger partial charge in [0.1, 0.15) is 0 Å². The van der Waals surface area contributed by atoms with Crippen LogP contribution in [0.1, 0.15) is 5.82 Å². The monoisotopic (exact) mass is 403 g/mol. The smallest absolute Gasteiger partial charge is 0.334 e. The van der Waals surface area contributed by atoms with Gasteiger partial charge >= 0.3 is 6.18 Å². The molecule has 0 atom stereocenters. The van der Waals surface area contributed by atoms with E-state index in [4.69, 9.17) is 5.14 Å². The van der Waals surface area contributed by atoms with Crippen LogP contribution in [0.25, 0.3) is 22.5 Å². The van der Waals surface area contributed by atoms with Crippen molar-refractivity contribution in [2.75, 3.05) is 0 Å².